The van der Waals surface area contributed by atoms with Crippen LogP contribution >= 0.6 is 34.7 Å². The number of carbonyl (C=O) groups is 1. The number of aliphatic imine (C=N–C) groups is 1. The van der Waals surface area contributed by atoms with Crippen LogP contribution in [0.15, 0.2) is 34.1 Å². The van der Waals surface area contributed by atoms with Gasteiger partial charge in [-0.2, -0.15) is 4.99 Å². The van der Waals surface area contributed by atoms with E-state index in [1.54, 1.807) is 41.3 Å². The number of carbonyl (C=O) groups excluding carboxylic acids is 1. The van der Waals surface area contributed by atoms with Crippen molar-refractivity contribution in [1.82, 2.24) is 9.88 Å². The van der Waals surface area contributed by atoms with Gasteiger partial charge in [0.25, 0.3) is 5.91 Å². The van der Waals surface area contributed by atoms with E-state index >= 15 is 0 Å². The fourth-order valence-corrected chi connectivity index (χ4v) is 4.42. The minimum atomic E-state index is -0.358. The molecule has 1 aliphatic rings. The molecule has 8 heteroatoms. The molecule has 0 unspecified atom stereocenters. The molecule has 1 saturated heterocycles. The summed E-state index contributed by atoms with van der Waals surface area (Å²) in [6.45, 7) is 5.71. The number of amides is 1. The molecule has 0 aliphatic carbocycles. The SMILES string of the molecule is COc1ccc(Cl)cc1C(=O)N=C1SC(C)(C)CN1Cc1cscn1. The van der Waals surface area contributed by atoms with Crippen LogP contribution < -0.4 is 4.74 Å². The number of thiazole rings is 1. The van der Waals surface area contributed by atoms with Crippen LogP contribution in [-0.4, -0.2) is 39.4 Å². The van der Waals surface area contributed by atoms with Crippen molar-refractivity contribution in [2.75, 3.05) is 13.7 Å². The number of hydrogen-bond donors (Lipinski definition) is 0. The van der Waals surface area contributed by atoms with E-state index in [2.05, 4.69) is 28.7 Å². The van der Waals surface area contributed by atoms with Crippen molar-refractivity contribution in [1.29, 1.82) is 0 Å². The van der Waals surface area contributed by atoms with Crippen molar-refractivity contribution in [3.63, 3.8) is 0 Å². The Hall–Kier alpha value is -1.57. The molecule has 0 N–H and O–H groups in total. The molecule has 132 valence electrons. The molecule has 3 rings (SSSR count). The highest BCUT2D eigenvalue weighted by molar-refractivity contribution is 8.15. The Morgan fingerprint density at radius 2 is 2.28 bits per heavy atom. The summed E-state index contributed by atoms with van der Waals surface area (Å²) in [4.78, 5) is 23.5. The number of ether oxygens (including phenoxy) is 1. The number of rotatable bonds is 4. The van der Waals surface area contributed by atoms with Crippen molar-refractivity contribution in [2.24, 2.45) is 4.99 Å². The van der Waals surface area contributed by atoms with E-state index < -0.39 is 0 Å². The molecule has 1 amide bonds. The van der Waals surface area contributed by atoms with Crippen molar-refractivity contribution in [2.45, 2.75) is 25.1 Å². The van der Waals surface area contributed by atoms with E-state index in [0.29, 0.717) is 28.0 Å². The molecule has 2 aromatic rings. The Bertz CT molecular complexity index is 806. The van der Waals surface area contributed by atoms with Crippen molar-refractivity contribution < 1.29 is 9.53 Å². The number of halogens is 1. The molecule has 0 radical (unpaired) electrons. The summed E-state index contributed by atoms with van der Waals surface area (Å²) in [5.41, 5.74) is 3.15. The van der Waals surface area contributed by atoms with Crippen LogP contribution in [0.2, 0.25) is 5.02 Å². The van der Waals surface area contributed by atoms with Gasteiger partial charge in [0.2, 0.25) is 0 Å². The van der Waals surface area contributed by atoms with Gasteiger partial charge in [-0.25, -0.2) is 4.98 Å². The lowest BCUT2D eigenvalue weighted by atomic mass is 10.2. The van der Waals surface area contributed by atoms with Gasteiger partial charge in [-0.3, -0.25) is 4.79 Å². The summed E-state index contributed by atoms with van der Waals surface area (Å²) < 4.78 is 5.24. The minimum absolute atomic E-state index is 0.0203. The zero-order valence-corrected chi connectivity index (χ0v) is 16.5. The van der Waals surface area contributed by atoms with Gasteiger partial charge in [0, 0.05) is 21.7 Å². The van der Waals surface area contributed by atoms with Gasteiger partial charge < -0.3 is 9.64 Å². The lowest BCUT2D eigenvalue weighted by Crippen LogP contribution is -2.28. The predicted molar refractivity (Wildman–Crippen MR) is 104 cm³/mol. The van der Waals surface area contributed by atoms with E-state index in [0.717, 1.165) is 12.2 Å². The third-order valence-electron chi connectivity index (χ3n) is 3.64. The van der Waals surface area contributed by atoms with Crippen molar-refractivity contribution >= 4 is 45.8 Å². The van der Waals surface area contributed by atoms with E-state index in [1.807, 2.05) is 10.9 Å². The maximum absolute atomic E-state index is 12.7. The first-order valence-corrected chi connectivity index (χ1v) is 9.79. The van der Waals surface area contributed by atoms with Gasteiger partial charge in [0.1, 0.15) is 5.75 Å². The van der Waals surface area contributed by atoms with Crippen molar-refractivity contribution in [3.05, 3.63) is 45.4 Å². The Balaban J connectivity index is 1.89. The van der Waals surface area contributed by atoms with Gasteiger partial charge >= 0.3 is 0 Å². The molecule has 2 heterocycles. The van der Waals surface area contributed by atoms with Crippen LogP contribution in [0.1, 0.15) is 29.9 Å². The van der Waals surface area contributed by atoms with Crippen LogP contribution in [-0.2, 0) is 6.54 Å². The second-order valence-corrected chi connectivity index (χ2v) is 9.07. The molecule has 0 saturated carbocycles. The van der Waals surface area contributed by atoms with Gasteiger partial charge in [-0.05, 0) is 32.0 Å². The molecule has 25 heavy (non-hydrogen) atoms. The molecular weight excluding hydrogens is 378 g/mol. The quantitative estimate of drug-likeness (QED) is 0.771. The third kappa shape index (κ3) is 4.34. The van der Waals surface area contributed by atoms with E-state index in [9.17, 15) is 4.79 Å². The molecule has 5 nitrogen and oxygen atoms in total. The average molecular weight is 396 g/mol. The number of hydrogen-bond acceptors (Lipinski definition) is 5. The van der Waals surface area contributed by atoms with Gasteiger partial charge in [0.15, 0.2) is 5.17 Å². The van der Waals surface area contributed by atoms with Crippen LogP contribution in [0.5, 0.6) is 5.75 Å². The molecule has 1 aliphatic heterocycles. The zero-order valence-electron chi connectivity index (χ0n) is 14.2. The highest BCUT2D eigenvalue weighted by atomic mass is 35.5. The molecule has 0 bridgehead atoms. The van der Waals surface area contributed by atoms with Gasteiger partial charge in [-0.15, -0.1) is 11.3 Å². The second kappa shape index (κ2) is 7.35. The first kappa shape index (κ1) is 18.2. The first-order valence-electron chi connectivity index (χ1n) is 7.65. The lowest BCUT2D eigenvalue weighted by molar-refractivity contribution is 0.0998. The number of amidine groups is 1. The smallest absolute Gasteiger partial charge is 0.283 e. The Kier molecular flexibility index (Phi) is 5.36. The summed E-state index contributed by atoms with van der Waals surface area (Å²) in [6.07, 6.45) is 0. The molecule has 1 aromatic heterocycles. The second-order valence-electron chi connectivity index (χ2n) is 6.24. The Labute approximate surface area is 160 Å². The summed E-state index contributed by atoms with van der Waals surface area (Å²) >= 11 is 9.18. The Morgan fingerprint density at radius 1 is 1.48 bits per heavy atom. The van der Waals surface area contributed by atoms with E-state index in [-0.39, 0.29) is 10.7 Å². The molecule has 1 fully saturated rings. The largest absolute Gasteiger partial charge is 0.496 e. The third-order valence-corrected chi connectivity index (χ3v) is 5.72. The predicted octanol–water partition coefficient (Wildman–Crippen LogP) is 4.33. The molecule has 0 spiro atoms. The summed E-state index contributed by atoms with van der Waals surface area (Å²) in [6, 6.07) is 4.95. The Morgan fingerprint density at radius 3 is 2.96 bits per heavy atom. The topological polar surface area (TPSA) is 54.8 Å². The maximum Gasteiger partial charge on any atom is 0.283 e. The molecule has 1 aromatic carbocycles. The normalized spacial score (nSPS) is 17.9. The number of thioether (sulfide) groups is 1. The number of nitrogens with zero attached hydrogens (tertiary/aromatic N) is 3. The van der Waals surface area contributed by atoms with Crippen LogP contribution in [0.4, 0.5) is 0 Å². The summed E-state index contributed by atoms with van der Waals surface area (Å²) in [5.74, 6) is 0.106. The number of benzene rings is 1. The van der Waals surface area contributed by atoms with Crippen LogP contribution in [0, 0.1) is 0 Å². The number of methoxy groups -OCH3 is 1. The number of aromatic nitrogens is 1. The molecular formula is C17H18ClN3O2S2. The fraction of sp³-hybridized carbons (Fsp3) is 0.353. The van der Waals surface area contributed by atoms with Crippen molar-refractivity contribution in [3.8, 4) is 5.75 Å². The summed E-state index contributed by atoms with van der Waals surface area (Å²) in [7, 11) is 1.52. The molecule has 0 atom stereocenters. The average Bonchev–Trinajstić information content (AvgIpc) is 3.15. The lowest BCUT2D eigenvalue weighted by Gasteiger charge is -2.18. The van der Waals surface area contributed by atoms with E-state index in [4.69, 9.17) is 16.3 Å². The highest BCUT2D eigenvalue weighted by Crippen LogP contribution is 2.37. The summed E-state index contributed by atoms with van der Waals surface area (Å²) in [5, 5.41) is 3.18. The standard InChI is InChI=1S/C17H18ClN3O2S2/c1-17(2)9-21(7-12-8-24-10-19-12)16(25-17)20-15(22)13-6-11(18)4-5-14(13)23-3/h4-6,8,10H,7,9H2,1-3H3. The zero-order chi connectivity index (χ0) is 18.0. The first-order chi connectivity index (χ1) is 11.9. The van der Waals surface area contributed by atoms with Crippen LogP contribution in [0.3, 0.4) is 0 Å². The monoisotopic (exact) mass is 395 g/mol. The van der Waals surface area contributed by atoms with Gasteiger partial charge in [0.05, 0.1) is 30.4 Å². The highest BCUT2D eigenvalue weighted by Gasteiger charge is 2.36. The minimum Gasteiger partial charge on any atom is -0.496 e. The van der Waals surface area contributed by atoms with E-state index in [1.165, 1.54) is 7.11 Å². The van der Waals surface area contributed by atoms with Gasteiger partial charge in [-0.1, -0.05) is 23.4 Å². The maximum atomic E-state index is 12.7. The fourth-order valence-electron chi connectivity index (χ4n) is 2.59. The van der Waals surface area contributed by atoms with Crippen LogP contribution in [0.25, 0.3) is 0 Å².